The molecule has 1 aromatic carbocycles. The molecular weight excluding hydrogens is 224 g/mol. The van der Waals surface area contributed by atoms with Crippen LogP contribution in [0.4, 0.5) is 0 Å². The van der Waals surface area contributed by atoms with Crippen LogP contribution in [0.15, 0.2) is 43.0 Å². The molecule has 0 nitrogen and oxygen atoms in total. The molecule has 0 saturated carbocycles. The smallest absolute Gasteiger partial charge is 0.0345 e. The Labute approximate surface area is 107 Å². The second-order valence-corrected chi connectivity index (χ2v) is 5.29. The van der Waals surface area contributed by atoms with E-state index in [0.717, 1.165) is 0 Å². The highest BCUT2D eigenvalue weighted by atomic mass is 32.1. The van der Waals surface area contributed by atoms with Crippen molar-refractivity contribution in [2.75, 3.05) is 0 Å². The van der Waals surface area contributed by atoms with E-state index in [2.05, 4.69) is 56.0 Å². The van der Waals surface area contributed by atoms with E-state index in [-0.39, 0.29) is 0 Å². The highest BCUT2D eigenvalue weighted by Gasteiger charge is 2.03. The van der Waals surface area contributed by atoms with Gasteiger partial charge in [-0.2, -0.15) is 0 Å². The minimum Gasteiger partial charge on any atom is -0.141 e. The average Bonchev–Trinajstić information content (AvgIpc) is 2.76. The largest absolute Gasteiger partial charge is 0.141 e. The first-order valence-corrected chi connectivity index (χ1v) is 6.51. The molecule has 0 unspecified atom stereocenters. The maximum Gasteiger partial charge on any atom is 0.0345 e. The van der Waals surface area contributed by atoms with Crippen LogP contribution in [-0.4, -0.2) is 0 Å². The molecule has 0 saturated heterocycles. The minimum absolute atomic E-state index is 1.17. The van der Waals surface area contributed by atoms with Crippen LogP contribution >= 0.6 is 11.3 Å². The quantitative estimate of drug-likeness (QED) is 0.674. The molecule has 0 amide bonds. The van der Waals surface area contributed by atoms with Crippen molar-refractivity contribution < 1.29 is 0 Å². The molecule has 0 bridgehead atoms. The van der Waals surface area contributed by atoms with Gasteiger partial charge in [-0.05, 0) is 60.9 Å². The van der Waals surface area contributed by atoms with Gasteiger partial charge in [0.15, 0.2) is 0 Å². The molecule has 2 aromatic rings. The summed E-state index contributed by atoms with van der Waals surface area (Å²) in [6.07, 6.45) is 6.08. The number of aryl methyl sites for hydroxylation is 1. The fraction of sp³-hybridized carbons (Fsp3) is 0.125. The van der Waals surface area contributed by atoms with Crippen LogP contribution in [0.25, 0.3) is 22.6 Å². The van der Waals surface area contributed by atoms with Crippen LogP contribution in [0.1, 0.15) is 22.9 Å². The summed E-state index contributed by atoms with van der Waals surface area (Å²) in [5.74, 6) is 0. The van der Waals surface area contributed by atoms with Crippen molar-refractivity contribution in [3.63, 3.8) is 0 Å². The lowest BCUT2D eigenvalue weighted by Gasteiger charge is -2.03. The summed E-state index contributed by atoms with van der Waals surface area (Å²) < 4.78 is 0. The van der Waals surface area contributed by atoms with Crippen LogP contribution < -0.4 is 0 Å². The molecule has 0 radical (unpaired) electrons. The van der Waals surface area contributed by atoms with Gasteiger partial charge in [0.05, 0.1) is 0 Å². The van der Waals surface area contributed by atoms with Crippen molar-refractivity contribution in [3.05, 3.63) is 59.0 Å². The lowest BCUT2D eigenvalue weighted by molar-refractivity contribution is 1.60. The van der Waals surface area contributed by atoms with Crippen molar-refractivity contribution in [2.45, 2.75) is 13.8 Å². The molecule has 2 rings (SSSR count). The molecule has 0 fully saturated rings. The molecule has 1 heteroatoms. The number of benzene rings is 1. The Kier molecular flexibility index (Phi) is 3.60. The number of thiophene rings is 1. The maximum atomic E-state index is 3.85. The molecule has 86 valence electrons. The predicted molar refractivity (Wildman–Crippen MR) is 79.3 cm³/mol. The van der Waals surface area contributed by atoms with E-state index < -0.39 is 0 Å². The fourth-order valence-electron chi connectivity index (χ4n) is 1.82. The SMILES string of the molecule is C=Cc1cc(/C=C/C)cc(-c2ccc(C)s2)c1. The Morgan fingerprint density at radius 1 is 1.12 bits per heavy atom. The van der Waals surface area contributed by atoms with Crippen LogP contribution in [0.5, 0.6) is 0 Å². The van der Waals surface area contributed by atoms with E-state index in [1.165, 1.54) is 26.4 Å². The summed E-state index contributed by atoms with van der Waals surface area (Å²) in [5.41, 5.74) is 3.67. The van der Waals surface area contributed by atoms with Crippen LogP contribution in [0.3, 0.4) is 0 Å². The Morgan fingerprint density at radius 3 is 2.47 bits per heavy atom. The standard InChI is InChI=1S/C16H16S/c1-4-6-14-9-13(5-2)10-15(11-14)16-8-7-12(3)17-16/h4-11H,2H2,1,3H3/b6-4+. The van der Waals surface area contributed by atoms with E-state index in [9.17, 15) is 0 Å². The molecule has 0 aliphatic rings. The van der Waals surface area contributed by atoms with E-state index in [4.69, 9.17) is 0 Å². The summed E-state index contributed by atoms with van der Waals surface area (Å²) in [4.78, 5) is 2.66. The third-order valence-corrected chi connectivity index (χ3v) is 3.65. The van der Waals surface area contributed by atoms with Gasteiger partial charge in [-0.3, -0.25) is 0 Å². The summed E-state index contributed by atoms with van der Waals surface area (Å²) >= 11 is 1.83. The summed E-state index contributed by atoms with van der Waals surface area (Å²) in [6.45, 7) is 8.03. The lowest BCUT2D eigenvalue weighted by atomic mass is 10.0. The Balaban J connectivity index is 2.53. The minimum atomic E-state index is 1.17. The zero-order valence-corrected chi connectivity index (χ0v) is 11.1. The second kappa shape index (κ2) is 5.15. The number of hydrogen-bond acceptors (Lipinski definition) is 1. The molecule has 0 aliphatic heterocycles. The monoisotopic (exact) mass is 240 g/mol. The Morgan fingerprint density at radius 2 is 1.88 bits per heavy atom. The summed E-state index contributed by atoms with van der Waals surface area (Å²) in [5, 5.41) is 0. The van der Waals surface area contributed by atoms with Crippen molar-refractivity contribution in [1.29, 1.82) is 0 Å². The topological polar surface area (TPSA) is 0 Å². The molecular formula is C16H16S. The van der Waals surface area contributed by atoms with Crippen LogP contribution in [0.2, 0.25) is 0 Å². The van der Waals surface area contributed by atoms with E-state index >= 15 is 0 Å². The van der Waals surface area contributed by atoms with Crippen molar-refractivity contribution >= 4 is 23.5 Å². The average molecular weight is 240 g/mol. The first-order valence-electron chi connectivity index (χ1n) is 5.70. The molecule has 1 aromatic heterocycles. The highest BCUT2D eigenvalue weighted by molar-refractivity contribution is 7.15. The summed E-state index contributed by atoms with van der Waals surface area (Å²) in [6, 6.07) is 10.9. The lowest BCUT2D eigenvalue weighted by Crippen LogP contribution is -1.80. The third kappa shape index (κ3) is 2.75. The number of hydrogen-bond donors (Lipinski definition) is 0. The first-order chi connectivity index (χ1) is 8.22. The number of allylic oxidation sites excluding steroid dienone is 1. The Bertz CT molecular complexity index is 559. The van der Waals surface area contributed by atoms with Gasteiger partial charge < -0.3 is 0 Å². The van der Waals surface area contributed by atoms with Gasteiger partial charge in [0.1, 0.15) is 0 Å². The van der Waals surface area contributed by atoms with Gasteiger partial charge in [0.25, 0.3) is 0 Å². The highest BCUT2D eigenvalue weighted by Crippen LogP contribution is 2.29. The zero-order chi connectivity index (χ0) is 12.3. The molecule has 0 atom stereocenters. The molecule has 17 heavy (non-hydrogen) atoms. The fourth-order valence-corrected chi connectivity index (χ4v) is 2.67. The van der Waals surface area contributed by atoms with Gasteiger partial charge >= 0.3 is 0 Å². The van der Waals surface area contributed by atoms with Crippen LogP contribution in [-0.2, 0) is 0 Å². The normalized spacial score (nSPS) is 10.9. The van der Waals surface area contributed by atoms with Gasteiger partial charge in [-0.25, -0.2) is 0 Å². The Hall–Kier alpha value is -1.60. The maximum absolute atomic E-state index is 3.85. The number of rotatable bonds is 3. The van der Waals surface area contributed by atoms with E-state index in [0.29, 0.717) is 0 Å². The molecule has 0 spiro atoms. The van der Waals surface area contributed by atoms with Gasteiger partial charge in [-0.15, -0.1) is 11.3 Å². The second-order valence-electron chi connectivity index (χ2n) is 4.00. The van der Waals surface area contributed by atoms with Gasteiger partial charge in [0, 0.05) is 9.75 Å². The molecule has 1 heterocycles. The van der Waals surface area contributed by atoms with Crippen molar-refractivity contribution in [3.8, 4) is 10.4 Å². The zero-order valence-electron chi connectivity index (χ0n) is 10.2. The van der Waals surface area contributed by atoms with Crippen molar-refractivity contribution in [2.24, 2.45) is 0 Å². The van der Waals surface area contributed by atoms with Crippen LogP contribution in [0, 0.1) is 6.92 Å². The third-order valence-electron chi connectivity index (χ3n) is 2.60. The molecule has 0 aliphatic carbocycles. The van der Waals surface area contributed by atoms with Gasteiger partial charge in [-0.1, -0.05) is 24.8 Å². The van der Waals surface area contributed by atoms with E-state index in [1.54, 1.807) is 0 Å². The molecule has 0 N–H and O–H groups in total. The van der Waals surface area contributed by atoms with Gasteiger partial charge in [0.2, 0.25) is 0 Å². The predicted octanol–water partition coefficient (Wildman–Crippen LogP) is 5.40. The van der Waals surface area contributed by atoms with E-state index in [1.807, 2.05) is 24.3 Å². The first kappa shape index (κ1) is 11.9. The summed E-state index contributed by atoms with van der Waals surface area (Å²) in [7, 11) is 0. The van der Waals surface area contributed by atoms with Crippen molar-refractivity contribution in [1.82, 2.24) is 0 Å².